The molecule has 4 nitrogen and oxygen atoms in total. The van der Waals surface area contributed by atoms with Crippen LogP contribution in [-0.4, -0.2) is 16.5 Å². The van der Waals surface area contributed by atoms with Gasteiger partial charge in [-0.05, 0) is 6.92 Å². The summed E-state index contributed by atoms with van der Waals surface area (Å²) in [5, 5.41) is 17.7. The molecule has 0 spiro atoms. The average Bonchev–Trinajstić information content (AvgIpc) is 2.15. The summed E-state index contributed by atoms with van der Waals surface area (Å²) in [5.74, 6) is -0.982. The largest absolute Gasteiger partial charge is 0.574 e. The van der Waals surface area contributed by atoms with Gasteiger partial charge in [-0.2, -0.15) is 5.26 Å². The van der Waals surface area contributed by atoms with Gasteiger partial charge in [0.1, 0.15) is 5.75 Å². The van der Waals surface area contributed by atoms with Crippen LogP contribution in [0.3, 0.4) is 0 Å². The first-order chi connectivity index (χ1) is 7.35. The highest BCUT2D eigenvalue weighted by Crippen LogP contribution is 2.30. The molecule has 0 atom stereocenters. The number of aromatic nitrogens is 1. The van der Waals surface area contributed by atoms with E-state index in [-0.39, 0.29) is 23.3 Å². The molecule has 0 aliphatic carbocycles. The Morgan fingerprint density at radius 1 is 1.56 bits per heavy atom. The maximum atomic E-state index is 12.0. The number of hydrogen-bond donors (Lipinski definition) is 1. The molecule has 0 fully saturated rings. The predicted octanol–water partition coefficient (Wildman–Crippen LogP) is 2.06. The lowest BCUT2D eigenvalue weighted by Crippen LogP contribution is -2.19. The summed E-state index contributed by atoms with van der Waals surface area (Å²) < 4.78 is 39.6. The highest BCUT2D eigenvalue weighted by molar-refractivity contribution is 5.43. The maximum absolute atomic E-state index is 12.0. The van der Waals surface area contributed by atoms with Crippen molar-refractivity contribution in [2.45, 2.75) is 19.7 Å². The lowest BCUT2D eigenvalue weighted by Gasteiger charge is -2.12. The molecule has 0 unspecified atom stereocenters. The van der Waals surface area contributed by atoms with Gasteiger partial charge in [0.25, 0.3) is 0 Å². The molecule has 1 aromatic rings. The van der Waals surface area contributed by atoms with E-state index in [1.807, 2.05) is 0 Å². The van der Waals surface area contributed by atoms with Crippen LogP contribution >= 0.6 is 0 Å². The third-order valence-corrected chi connectivity index (χ3v) is 1.87. The fourth-order valence-corrected chi connectivity index (χ4v) is 1.09. The molecule has 0 radical (unpaired) electrons. The van der Waals surface area contributed by atoms with Crippen LogP contribution in [0.2, 0.25) is 0 Å². The summed E-state index contributed by atoms with van der Waals surface area (Å²) in [5.41, 5.74) is 0.0793. The molecule has 7 heteroatoms. The first-order valence-corrected chi connectivity index (χ1v) is 4.15. The van der Waals surface area contributed by atoms with Crippen molar-refractivity contribution in [2.24, 2.45) is 0 Å². The molecule has 0 bridgehead atoms. The summed E-state index contributed by atoms with van der Waals surface area (Å²) in [6, 6.07) is 1.68. The first kappa shape index (κ1) is 12.1. The first-order valence-electron chi connectivity index (χ1n) is 4.15. The van der Waals surface area contributed by atoms with Crippen molar-refractivity contribution in [3.8, 4) is 17.7 Å². The van der Waals surface area contributed by atoms with Gasteiger partial charge >= 0.3 is 6.36 Å². The van der Waals surface area contributed by atoms with E-state index in [4.69, 9.17) is 5.26 Å². The lowest BCUT2D eigenvalue weighted by molar-refractivity contribution is -0.276. The molecule has 16 heavy (non-hydrogen) atoms. The van der Waals surface area contributed by atoms with Gasteiger partial charge in [0.2, 0.25) is 5.88 Å². The second-order valence-electron chi connectivity index (χ2n) is 2.93. The van der Waals surface area contributed by atoms with E-state index in [1.165, 1.54) is 6.92 Å². The fourth-order valence-electron chi connectivity index (χ4n) is 1.09. The van der Waals surface area contributed by atoms with Crippen LogP contribution in [0.15, 0.2) is 6.20 Å². The molecule has 0 saturated heterocycles. The lowest BCUT2D eigenvalue weighted by atomic mass is 10.1. The van der Waals surface area contributed by atoms with Crippen LogP contribution in [0.1, 0.15) is 11.1 Å². The maximum Gasteiger partial charge on any atom is 0.574 e. The van der Waals surface area contributed by atoms with E-state index >= 15 is 0 Å². The minimum absolute atomic E-state index is 0.0696. The Labute approximate surface area is 88.9 Å². The molecule has 1 aromatic heterocycles. The van der Waals surface area contributed by atoms with Crippen molar-refractivity contribution < 1.29 is 23.0 Å². The molecular weight excluding hydrogens is 225 g/mol. The molecular formula is C9H7F3N2O2. The SMILES string of the molecule is Cc1c(O)cnc(OC(F)(F)F)c1CC#N. The van der Waals surface area contributed by atoms with Gasteiger partial charge in [0, 0.05) is 11.1 Å². The molecule has 0 amide bonds. The number of rotatable bonds is 2. The summed E-state index contributed by atoms with van der Waals surface area (Å²) >= 11 is 0. The number of pyridine rings is 1. The second kappa shape index (κ2) is 4.26. The van der Waals surface area contributed by atoms with Crippen LogP contribution in [-0.2, 0) is 6.42 Å². The third kappa shape index (κ3) is 2.76. The van der Waals surface area contributed by atoms with E-state index < -0.39 is 12.2 Å². The van der Waals surface area contributed by atoms with Gasteiger partial charge in [-0.3, -0.25) is 0 Å². The number of ether oxygens (including phenoxy) is 1. The standard InChI is InChI=1S/C9H7F3N2O2/c1-5-6(2-3-13)8(14-4-7(5)15)16-9(10,11)12/h4,15H,2H2,1H3. The minimum atomic E-state index is -4.87. The number of hydrogen-bond acceptors (Lipinski definition) is 4. The smallest absolute Gasteiger partial charge is 0.506 e. The van der Waals surface area contributed by atoms with Crippen molar-refractivity contribution >= 4 is 0 Å². The number of alkyl halides is 3. The second-order valence-corrected chi connectivity index (χ2v) is 2.93. The van der Waals surface area contributed by atoms with Crippen molar-refractivity contribution in [3.05, 3.63) is 17.3 Å². The Balaban J connectivity index is 3.19. The Bertz CT molecular complexity index is 438. The van der Waals surface area contributed by atoms with Gasteiger partial charge < -0.3 is 9.84 Å². The van der Waals surface area contributed by atoms with E-state index in [1.54, 1.807) is 6.07 Å². The van der Waals surface area contributed by atoms with Crippen molar-refractivity contribution in [1.82, 2.24) is 4.98 Å². The zero-order chi connectivity index (χ0) is 12.3. The molecule has 86 valence electrons. The van der Waals surface area contributed by atoms with Crippen LogP contribution in [0.25, 0.3) is 0 Å². The van der Waals surface area contributed by atoms with E-state index in [0.29, 0.717) is 0 Å². The van der Waals surface area contributed by atoms with Crippen molar-refractivity contribution in [3.63, 3.8) is 0 Å². The summed E-state index contributed by atoms with van der Waals surface area (Å²) in [7, 11) is 0. The van der Waals surface area contributed by atoms with Gasteiger partial charge in [0.05, 0.1) is 18.7 Å². The fraction of sp³-hybridized carbons (Fsp3) is 0.333. The Morgan fingerprint density at radius 2 is 2.19 bits per heavy atom. The van der Waals surface area contributed by atoms with Crippen LogP contribution < -0.4 is 4.74 Å². The monoisotopic (exact) mass is 232 g/mol. The quantitative estimate of drug-likeness (QED) is 0.847. The molecule has 0 saturated carbocycles. The van der Waals surface area contributed by atoms with Gasteiger partial charge in [-0.15, -0.1) is 13.2 Å². The predicted molar refractivity (Wildman–Crippen MR) is 46.6 cm³/mol. The summed E-state index contributed by atoms with van der Waals surface area (Å²) in [6.07, 6.45) is -4.35. The van der Waals surface area contributed by atoms with Crippen molar-refractivity contribution in [1.29, 1.82) is 5.26 Å². The van der Waals surface area contributed by atoms with Gasteiger partial charge in [-0.1, -0.05) is 0 Å². The minimum Gasteiger partial charge on any atom is -0.506 e. The zero-order valence-electron chi connectivity index (χ0n) is 8.17. The third-order valence-electron chi connectivity index (χ3n) is 1.87. The van der Waals surface area contributed by atoms with E-state index in [9.17, 15) is 18.3 Å². The molecule has 0 aliphatic rings. The van der Waals surface area contributed by atoms with Crippen LogP contribution in [0.5, 0.6) is 11.6 Å². The Morgan fingerprint density at radius 3 is 2.69 bits per heavy atom. The number of nitriles is 1. The Hall–Kier alpha value is -1.97. The van der Waals surface area contributed by atoms with Crippen LogP contribution in [0.4, 0.5) is 13.2 Å². The normalized spacial score (nSPS) is 10.9. The number of halogens is 3. The Kier molecular flexibility index (Phi) is 3.22. The molecule has 1 N–H and O–H groups in total. The summed E-state index contributed by atoms with van der Waals surface area (Å²) in [4.78, 5) is 3.30. The number of aromatic hydroxyl groups is 1. The topological polar surface area (TPSA) is 66.1 Å². The zero-order valence-corrected chi connectivity index (χ0v) is 8.17. The number of nitrogens with zero attached hydrogens (tertiary/aromatic N) is 2. The molecule has 1 rings (SSSR count). The molecule has 0 aliphatic heterocycles. The molecule has 1 heterocycles. The molecule has 0 aromatic carbocycles. The van der Waals surface area contributed by atoms with E-state index in [0.717, 1.165) is 6.20 Å². The van der Waals surface area contributed by atoms with Gasteiger partial charge in [-0.25, -0.2) is 4.98 Å². The summed E-state index contributed by atoms with van der Waals surface area (Å²) in [6.45, 7) is 1.38. The van der Waals surface area contributed by atoms with Crippen molar-refractivity contribution in [2.75, 3.05) is 0 Å². The van der Waals surface area contributed by atoms with Crippen LogP contribution in [0, 0.1) is 18.3 Å². The van der Waals surface area contributed by atoms with E-state index in [2.05, 4.69) is 9.72 Å². The average molecular weight is 232 g/mol. The van der Waals surface area contributed by atoms with Gasteiger partial charge in [0.15, 0.2) is 0 Å². The highest BCUT2D eigenvalue weighted by Gasteiger charge is 2.33. The highest BCUT2D eigenvalue weighted by atomic mass is 19.4.